The molecule has 2 fully saturated rings. The summed E-state index contributed by atoms with van der Waals surface area (Å²) in [6.45, 7) is 0.262. The van der Waals surface area contributed by atoms with Gasteiger partial charge in [-0.1, -0.05) is 36.4 Å². The van der Waals surface area contributed by atoms with E-state index in [2.05, 4.69) is 40.5 Å². The maximum atomic E-state index is 14.3. The largest absolute Gasteiger partial charge is 0.488 e. The van der Waals surface area contributed by atoms with Gasteiger partial charge in [0.2, 0.25) is 0 Å². The molecule has 2 aromatic carbocycles. The quantitative estimate of drug-likeness (QED) is 0.0385. The van der Waals surface area contributed by atoms with Crippen LogP contribution < -0.4 is 20.1 Å². The van der Waals surface area contributed by atoms with Crippen molar-refractivity contribution in [2.75, 3.05) is 91.9 Å². The summed E-state index contributed by atoms with van der Waals surface area (Å²) in [5.41, 5.74) is 2.04. The zero-order valence-corrected chi connectivity index (χ0v) is 44.1. The number of hydrogen-bond donors (Lipinski definition) is 6. The van der Waals surface area contributed by atoms with Gasteiger partial charge in [0.05, 0.1) is 58.5 Å². The van der Waals surface area contributed by atoms with Crippen molar-refractivity contribution in [3.63, 3.8) is 0 Å². The maximum absolute atomic E-state index is 14.3. The summed E-state index contributed by atoms with van der Waals surface area (Å²) in [6, 6.07) is 17.5. The van der Waals surface area contributed by atoms with Crippen molar-refractivity contribution in [2.45, 2.75) is 0 Å². The van der Waals surface area contributed by atoms with Crippen LogP contribution >= 0.6 is 22.7 Å². The van der Waals surface area contributed by atoms with Gasteiger partial charge < -0.3 is 59.9 Å². The lowest BCUT2D eigenvalue weighted by atomic mass is 10.1. The molecule has 2 aliphatic rings. The minimum atomic E-state index is -0.867. The van der Waals surface area contributed by atoms with Crippen molar-refractivity contribution < 1.29 is 58.0 Å². The first kappa shape index (κ1) is 54.1. The number of carbonyl (C=O) groups is 8. The Labute approximate surface area is 462 Å². The molecular formula is C54H50N12O12S2. The molecule has 26 heteroatoms. The van der Waals surface area contributed by atoms with E-state index in [-0.39, 0.29) is 171 Å². The molecule has 6 N–H and O–H groups in total. The fourth-order valence-electron chi connectivity index (χ4n) is 9.20. The van der Waals surface area contributed by atoms with Gasteiger partial charge in [-0.3, -0.25) is 38.4 Å². The number of aliphatic hydroxyl groups excluding tert-OH is 2. The number of aromatic nitrogens is 6. The molecule has 10 rings (SSSR count). The number of benzene rings is 2. The molecule has 80 heavy (non-hydrogen) atoms. The van der Waals surface area contributed by atoms with E-state index in [0.717, 1.165) is 22.7 Å². The van der Waals surface area contributed by atoms with Crippen LogP contribution in [-0.2, 0) is 9.59 Å². The van der Waals surface area contributed by atoms with Crippen LogP contribution in [0.4, 0.5) is 0 Å². The topological polar surface area (TPSA) is 316 Å². The van der Waals surface area contributed by atoms with Gasteiger partial charge in [0, 0.05) is 99.7 Å². The van der Waals surface area contributed by atoms with Crippen molar-refractivity contribution in [2.24, 2.45) is 0 Å². The number of ether oxygens (including phenoxy) is 2. The molecule has 410 valence electrons. The maximum Gasteiger partial charge on any atom is 0.295 e. The Kier molecular flexibility index (Phi) is 16.4. The predicted octanol–water partition coefficient (Wildman–Crippen LogP) is 2.92. The highest BCUT2D eigenvalue weighted by atomic mass is 32.1. The van der Waals surface area contributed by atoms with Crippen molar-refractivity contribution in [3.8, 4) is 32.9 Å². The number of nitrogens with zero attached hydrogens (tertiary/aromatic N) is 8. The lowest BCUT2D eigenvalue weighted by molar-refractivity contribution is -0.128. The first-order valence-electron chi connectivity index (χ1n) is 25.3. The van der Waals surface area contributed by atoms with Crippen molar-refractivity contribution >= 4 is 91.5 Å². The SMILES string of the molecule is O=C(NCCO)c1csc(-c2ncc(OCCOc3cnc(-c4nc(C(=O)NCCO)cs4)c4[nH]cc(C(=O)C(=O)N5CCN(C(=O)c6ccccc6)CC5)c34)c3c(C(=O)C(=O)N4CCN(C(=O)c5ccccc5)CC4)c[nH]c23)n1. The number of fused-ring (bicyclic) bond motifs is 2. The van der Waals surface area contributed by atoms with Crippen LogP contribution in [-0.4, -0.2) is 199 Å². The zero-order valence-electron chi connectivity index (χ0n) is 42.5. The van der Waals surface area contributed by atoms with Crippen LogP contribution in [0.1, 0.15) is 62.4 Å². The Morgan fingerprint density at radius 3 is 1.29 bits per heavy atom. The van der Waals surface area contributed by atoms with Gasteiger partial charge >= 0.3 is 0 Å². The Hall–Kier alpha value is -9.24. The highest BCUT2D eigenvalue weighted by molar-refractivity contribution is 7.13. The van der Waals surface area contributed by atoms with E-state index < -0.39 is 35.2 Å². The molecule has 8 heterocycles. The molecule has 6 aromatic heterocycles. The third-order valence-electron chi connectivity index (χ3n) is 13.2. The van der Waals surface area contributed by atoms with Crippen LogP contribution in [0.5, 0.6) is 11.5 Å². The third-order valence-corrected chi connectivity index (χ3v) is 14.9. The number of aliphatic hydroxyl groups is 2. The number of amides is 6. The Bertz CT molecular complexity index is 3420. The summed E-state index contributed by atoms with van der Waals surface area (Å²) >= 11 is 2.20. The lowest BCUT2D eigenvalue weighted by Gasteiger charge is -2.34. The number of ketones is 2. The number of carbonyl (C=O) groups excluding carboxylic acids is 8. The molecule has 0 saturated carbocycles. The molecule has 0 bridgehead atoms. The number of nitrogens with one attached hydrogen (secondary N) is 4. The summed E-state index contributed by atoms with van der Waals surface area (Å²) in [5.74, 6) is -4.65. The third kappa shape index (κ3) is 11.2. The van der Waals surface area contributed by atoms with Gasteiger partial charge in [-0.25, -0.2) is 19.9 Å². The molecule has 2 saturated heterocycles. The normalized spacial score (nSPS) is 13.6. The number of rotatable bonds is 19. The fraction of sp³-hybridized carbons (Fsp3) is 0.259. The van der Waals surface area contributed by atoms with Gasteiger partial charge in [0.25, 0.3) is 47.0 Å². The number of aromatic amines is 2. The van der Waals surface area contributed by atoms with Crippen LogP contribution in [0.3, 0.4) is 0 Å². The second-order valence-corrected chi connectivity index (χ2v) is 19.9. The number of Topliss-reactive ketones (excluding diaryl/α,β-unsaturated/α-hetero) is 2. The number of H-pyrrole nitrogens is 2. The van der Waals surface area contributed by atoms with Gasteiger partial charge in [-0.2, -0.15) is 0 Å². The number of pyridine rings is 2. The monoisotopic (exact) mass is 1120 g/mol. The Morgan fingerprint density at radius 1 is 0.537 bits per heavy atom. The number of thiazole rings is 2. The molecule has 0 spiro atoms. The molecule has 0 radical (unpaired) electrons. The average Bonchev–Trinajstić information content (AvgIpc) is 4.46. The highest BCUT2D eigenvalue weighted by Crippen LogP contribution is 2.38. The molecule has 0 unspecified atom stereocenters. The summed E-state index contributed by atoms with van der Waals surface area (Å²) < 4.78 is 12.6. The Morgan fingerprint density at radius 2 is 0.912 bits per heavy atom. The number of hydrogen-bond acceptors (Lipinski definition) is 18. The average molecular weight is 1120 g/mol. The van der Waals surface area contributed by atoms with Gasteiger partial charge in [0.1, 0.15) is 57.5 Å². The molecule has 2 aliphatic heterocycles. The van der Waals surface area contributed by atoms with Gasteiger partial charge in [0.15, 0.2) is 0 Å². The van der Waals surface area contributed by atoms with Crippen LogP contribution in [0.2, 0.25) is 0 Å². The van der Waals surface area contributed by atoms with Crippen molar-refractivity contribution in [1.82, 2.24) is 60.1 Å². The summed E-state index contributed by atoms with van der Waals surface area (Å²) in [6.07, 6.45) is 5.43. The molecule has 6 amide bonds. The van der Waals surface area contributed by atoms with Gasteiger partial charge in [-0.15, -0.1) is 22.7 Å². The highest BCUT2D eigenvalue weighted by Gasteiger charge is 2.34. The van der Waals surface area contributed by atoms with E-state index in [9.17, 15) is 48.6 Å². The second-order valence-electron chi connectivity index (χ2n) is 18.1. The molecule has 0 aliphatic carbocycles. The first-order valence-corrected chi connectivity index (χ1v) is 27.0. The van der Waals surface area contributed by atoms with Gasteiger partial charge in [-0.05, 0) is 24.3 Å². The fourth-order valence-corrected chi connectivity index (χ4v) is 10.8. The summed E-state index contributed by atoms with van der Waals surface area (Å²) in [7, 11) is 0. The predicted molar refractivity (Wildman–Crippen MR) is 291 cm³/mol. The molecule has 24 nitrogen and oxygen atoms in total. The van der Waals surface area contributed by atoms with E-state index >= 15 is 0 Å². The van der Waals surface area contributed by atoms with E-state index in [0.29, 0.717) is 21.1 Å². The smallest absolute Gasteiger partial charge is 0.295 e. The van der Waals surface area contributed by atoms with E-state index in [1.54, 1.807) is 58.3 Å². The first-order chi connectivity index (χ1) is 38.9. The summed E-state index contributed by atoms with van der Waals surface area (Å²) in [4.78, 5) is 139. The van der Waals surface area contributed by atoms with Crippen LogP contribution in [0.15, 0.2) is 96.2 Å². The van der Waals surface area contributed by atoms with Crippen LogP contribution in [0, 0.1) is 0 Å². The van der Waals surface area contributed by atoms with Crippen molar-refractivity contribution in [1.29, 1.82) is 0 Å². The standard InChI is InChI=1S/C54H50N12O12S2/c67-21-11-55-47(71)35-29-79-49(61-35)43-41-39(33(25-57-41)45(69)53(75)65-17-13-63(14-18-65)51(73)31-7-3-1-4-8-31)37(27-59-43)77-23-24-78-38-28-60-44(50-62-36(30-80-50)48(72)56-12-22-68)42-40(38)34(26-58-42)46(70)54(76)66-19-15-64(16-20-66)52(74)32-9-5-2-6-10-32/h1-10,25-30,57-58,67-68H,11-24H2,(H,55,71)(H,56,72). The molecule has 0 atom stereocenters. The number of piperazine rings is 2. The van der Waals surface area contributed by atoms with Crippen molar-refractivity contribution in [3.05, 3.63) is 130 Å². The van der Waals surface area contributed by atoms with E-state index in [4.69, 9.17) is 9.47 Å². The van der Waals surface area contributed by atoms with E-state index in [1.807, 2.05) is 12.1 Å². The zero-order chi connectivity index (χ0) is 55.9. The minimum Gasteiger partial charge on any atom is -0.488 e. The minimum absolute atomic E-state index is 0.0100. The Balaban J connectivity index is 0.907. The van der Waals surface area contributed by atoms with E-state index in [1.165, 1.54) is 45.3 Å². The summed E-state index contributed by atoms with van der Waals surface area (Å²) in [5, 5.41) is 27.5. The van der Waals surface area contributed by atoms with Crippen LogP contribution in [0.25, 0.3) is 43.2 Å². The molecule has 8 aromatic rings. The lowest BCUT2D eigenvalue weighted by Crippen LogP contribution is -2.52. The molecular weight excluding hydrogens is 1070 g/mol. The second kappa shape index (κ2) is 24.2.